The summed E-state index contributed by atoms with van der Waals surface area (Å²) in [4.78, 5) is 10.3. The van der Waals surface area contributed by atoms with Crippen LogP contribution in [0.1, 0.15) is 5.56 Å². The van der Waals surface area contributed by atoms with E-state index in [1.54, 1.807) is 24.3 Å². The molecule has 8 heteroatoms. The largest absolute Gasteiger partial charge is 0.269 e. The highest BCUT2D eigenvalue weighted by atomic mass is 79.9. The smallest absolute Gasteiger partial charge is 0.258 e. The van der Waals surface area contributed by atoms with Crippen LogP contribution in [0.3, 0.4) is 0 Å². The first-order chi connectivity index (χ1) is 10.3. The molecule has 0 aliphatic carbocycles. The van der Waals surface area contributed by atoms with Gasteiger partial charge < -0.3 is 0 Å². The number of nitro benzene ring substituents is 1. The van der Waals surface area contributed by atoms with Crippen LogP contribution in [0.4, 0.5) is 5.69 Å². The van der Waals surface area contributed by atoms with E-state index in [1.165, 1.54) is 35.6 Å². The fourth-order valence-corrected chi connectivity index (χ4v) is 3.27. The van der Waals surface area contributed by atoms with Gasteiger partial charge in [-0.05, 0) is 29.8 Å². The van der Waals surface area contributed by atoms with Crippen LogP contribution in [-0.4, -0.2) is 24.7 Å². The van der Waals surface area contributed by atoms with E-state index in [0.717, 1.165) is 4.47 Å². The third-order valence-corrected chi connectivity index (χ3v) is 5.42. The topological polar surface area (TPSA) is 80.5 Å². The summed E-state index contributed by atoms with van der Waals surface area (Å²) in [6.45, 7) is 0.135. The summed E-state index contributed by atoms with van der Waals surface area (Å²) in [6, 6.07) is 12.2. The van der Waals surface area contributed by atoms with Crippen LogP contribution in [-0.2, 0) is 16.6 Å². The van der Waals surface area contributed by atoms with Crippen molar-refractivity contribution in [1.29, 1.82) is 0 Å². The van der Waals surface area contributed by atoms with Crippen LogP contribution in [0.5, 0.6) is 0 Å². The van der Waals surface area contributed by atoms with E-state index in [9.17, 15) is 18.5 Å². The summed E-state index contributed by atoms with van der Waals surface area (Å²) in [5, 5.41) is 10.6. The van der Waals surface area contributed by atoms with Crippen molar-refractivity contribution in [3.63, 3.8) is 0 Å². The van der Waals surface area contributed by atoms with Crippen molar-refractivity contribution in [1.82, 2.24) is 4.31 Å². The normalized spacial score (nSPS) is 11.6. The van der Waals surface area contributed by atoms with Gasteiger partial charge in [-0.25, -0.2) is 8.42 Å². The van der Waals surface area contributed by atoms with Crippen LogP contribution in [0, 0.1) is 10.1 Å². The Bertz CT molecular complexity index is 773. The van der Waals surface area contributed by atoms with E-state index in [2.05, 4.69) is 15.9 Å². The monoisotopic (exact) mass is 384 g/mol. The maximum atomic E-state index is 12.4. The molecule has 0 saturated heterocycles. The second kappa shape index (κ2) is 6.55. The lowest BCUT2D eigenvalue weighted by Gasteiger charge is -2.17. The Morgan fingerprint density at radius 1 is 1.09 bits per heavy atom. The van der Waals surface area contributed by atoms with Crippen molar-refractivity contribution in [3.05, 3.63) is 68.7 Å². The van der Waals surface area contributed by atoms with E-state index >= 15 is 0 Å². The Morgan fingerprint density at radius 2 is 1.64 bits per heavy atom. The predicted molar refractivity (Wildman–Crippen MR) is 85.9 cm³/mol. The first-order valence-electron chi connectivity index (χ1n) is 6.26. The van der Waals surface area contributed by atoms with Crippen molar-refractivity contribution in [3.8, 4) is 0 Å². The van der Waals surface area contributed by atoms with Crippen LogP contribution in [0.25, 0.3) is 0 Å². The van der Waals surface area contributed by atoms with Crippen molar-refractivity contribution < 1.29 is 13.3 Å². The van der Waals surface area contributed by atoms with Crippen molar-refractivity contribution in [2.75, 3.05) is 7.05 Å². The summed E-state index contributed by atoms with van der Waals surface area (Å²) in [7, 11) is -2.13. The first kappa shape index (κ1) is 16.6. The minimum Gasteiger partial charge on any atom is -0.258 e. The zero-order chi connectivity index (χ0) is 16.3. The van der Waals surface area contributed by atoms with Gasteiger partial charge in [-0.1, -0.05) is 28.1 Å². The van der Waals surface area contributed by atoms with E-state index in [0.29, 0.717) is 5.56 Å². The van der Waals surface area contributed by atoms with E-state index in [-0.39, 0.29) is 17.1 Å². The number of hydrogen-bond donors (Lipinski definition) is 0. The maximum absolute atomic E-state index is 12.4. The molecule has 0 amide bonds. The Hall–Kier alpha value is -1.77. The van der Waals surface area contributed by atoms with Gasteiger partial charge in [0.2, 0.25) is 10.0 Å². The van der Waals surface area contributed by atoms with Gasteiger partial charge in [0.1, 0.15) is 0 Å². The highest BCUT2D eigenvalue weighted by Crippen LogP contribution is 2.20. The standard InChI is InChI=1S/C14H13BrN2O4S/c1-16(10-11-2-6-13(7-3-11)17(18)19)22(20,21)14-8-4-12(15)5-9-14/h2-9H,10H2,1H3. The van der Waals surface area contributed by atoms with Crippen LogP contribution >= 0.6 is 15.9 Å². The summed E-state index contributed by atoms with van der Waals surface area (Å²) in [5.41, 5.74) is 0.649. The van der Waals surface area contributed by atoms with Gasteiger partial charge in [-0.3, -0.25) is 10.1 Å². The van der Waals surface area contributed by atoms with E-state index in [4.69, 9.17) is 0 Å². The second-order valence-corrected chi connectivity index (χ2v) is 7.60. The van der Waals surface area contributed by atoms with Gasteiger partial charge in [0.05, 0.1) is 9.82 Å². The molecule has 6 nitrogen and oxygen atoms in total. The molecule has 0 aliphatic rings. The molecule has 116 valence electrons. The molecule has 0 fully saturated rings. The number of nitro groups is 1. The van der Waals surface area contributed by atoms with Gasteiger partial charge in [0.25, 0.3) is 5.69 Å². The summed E-state index contributed by atoms with van der Waals surface area (Å²) < 4.78 is 26.9. The summed E-state index contributed by atoms with van der Waals surface area (Å²) in [5.74, 6) is 0. The number of rotatable bonds is 5. The van der Waals surface area contributed by atoms with Gasteiger partial charge in [-0.15, -0.1) is 0 Å². The molecule has 0 bridgehead atoms. The van der Waals surface area contributed by atoms with Crippen molar-refractivity contribution in [2.45, 2.75) is 11.4 Å². The number of sulfonamides is 1. The molecule has 0 aliphatic heterocycles. The average molecular weight is 385 g/mol. The molecule has 2 aromatic carbocycles. The zero-order valence-corrected chi connectivity index (χ0v) is 14.0. The molecule has 2 rings (SSSR count). The molecule has 22 heavy (non-hydrogen) atoms. The molecular formula is C14H13BrN2O4S. The van der Waals surface area contributed by atoms with Crippen LogP contribution in [0.15, 0.2) is 57.9 Å². The van der Waals surface area contributed by atoms with E-state index in [1.807, 2.05) is 0 Å². The number of benzene rings is 2. The average Bonchev–Trinajstić information content (AvgIpc) is 2.48. The molecule has 0 radical (unpaired) electrons. The Balaban J connectivity index is 2.18. The lowest BCUT2D eigenvalue weighted by Crippen LogP contribution is -2.26. The van der Waals surface area contributed by atoms with E-state index < -0.39 is 14.9 Å². The second-order valence-electron chi connectivity index (χ2n) is 4.64. The first-order valence-corrected chi connectivity index (χ1v) is 8.49. The Kier molecular flexibility index (Phi) is 4.94. The highest BCUT2D eigenvalue weighted by Gasteiger charge is 2.20. The minimum atomic E-state index is -3.60. The van der Waals surface area contributed by atoms with Crippen LogP contribution < -0.4 is 0 Å². The third kappa shape index (κ3) is 3.70. The summed E-state index contributed by atoms with van der Waals surface area (Å²) in [6.07, 6.45) is 0. The van der Waals surface area contributed by atoms with Crippen LogP contribution in [0.2, 0.25) is 0 Å². The molecule has 2 aromatic rings. The third-order valence-electron chi connectivity index (χ3n) is 3.07. The highest BCUT2D eigenvalue weighted by molar-refractivity contribution is 9.10. The molecule has 0 heterocycles. The molecule has 0 atom stereocenters. The fraction of sp³-hybridized carbons (Fsp3) is 0.143. The summed E-state index contributed by atoms with van der Waals surface area (Å²) >= 11 is 3.26. The van der Waals surface area contributed by atoms with Gasteiger partial charge in [0.15, 0.2) is 0 Å². The molecule has 0 saturated carbocycles. The number of hydrogen-bond acceptors (Lipinski definition) is 4. The van der Waals surface area contributed by atoms with Crippen molar-refractivity contribution in [2.24, 2.45) is 0 Å². The lowest BCUT2D eigenvalue weighted by molar-refractivity contribution is -0.384. The molecule has 0 spiro atoms. The van der Waals surface area contributed by atoms with Gasteiger partial charge in [-0.2, -0.15) is 4.31 Å². The molecule has 0 N–H and O–H groups in total. The number of non-ortho nitro benzene ring substituents is 1. The number of halogens is 1. The molecule has 0 aromatic heterocycles. The number of nitrogens with zero attached hydrogens (tertiary/aromatic N) is 2. The Morgan fingerprint density at radius 3 is 2.14 bits per heavy atom. The molecular weight excluding hydrogens is 372 g/mol. The maximum Gasteiger partial charge on any atom is 0.269 e. The quantitative estimate of drug-likeness (QED) is 0.585. The van der Waals surface area contributed by atoms with Crippen molar-refractivity contribution >= 4 is 31.6 Å². The Labute approximate surface area is 136 Å². The lowest BCUT2D eigenvalue weighted by atomic mass is 10.2. The van der Waals surface area contributed by atoms with Gasteiger partial charge in [0, 0.05) is 30.2 Å². The predicted octanol–water partition coefficient (Wildman–Crippen LogP) is 3.18. The molecule has 0 unspecified atom stereocenters. The fourth-order valence-electron chi connectivity index (χ4n) is 1.85. The van der Waals surface area contributed by atoms with Gasteiger partial charge >= 0.3 is 0 Å². The SMILES string of the molecule is CN(Cc1ccc([N+](=O)[O-])cc1)S(=O)(=O)c1ccc(Br)cc1. The zero-order valence-electron chi connectivity index (χ0n) is 11.6. The minimum absolute atomic E-state index is 0.0258.